The van der Waals surface area contributed by atoms with Gasteiger partial charge >= 0.3 is 12.2 Å². The third kappa shape index (κ3) is 3.87. The van der Waals surface area contributed by atoms with Gasteiger partial charge in [0.2, 0.25) is 0 Å². The van der Waals surface area contributed by atoms with Gasteiger partial charge in [-0.3, -0.25) is 0 Å². The maximum absolute atomic E-state index is 13.5. The van der Waals surface area contributed by atoms with Gasteiger partial charge in [-0.15, -0.1) is 0 Å². The summed E-state index contributed by atoms with van der Waals surface area (Å²) < 4.78 is 51.2. The fourth-order valence-electron chi connectivity index (χ4n) is 1.70. The van der Waals surface area contributed by atoms with E-state index in [-0.39, 0.29) is 0 Å². The lowest BCUT2D eigenvalue weighted by molar-refractivity contribution is -0.137. The highest BCUT2D eigenvalue weighted by molar-refractivity contribution is 6.00. The molecule has 0 aliphatic rings. The first kappa shape index (κ1) is 15.6. The van der Waals surface area contributed by atoms with E-state index in [0.717, 1.165) is 0 Å². The van der Waals surface area contributed by atoms with E-state index >= 15 is 0 Å². The van der Waals surface area contributed by atoms with Gasteiger partial charge in [0.15, 0.2) is 0 Å². The summed E-state index contributed by atoms with van der Waals surface area (Å²) in [5.74, 6) is -0.976. The SMILES string of the molecule is Nc1cccc(NC(=O)Nc2cc(C(F)(F)F)ccc2F)c1. The van der Waals surface area contributed by atoms with Crippen LogP contribution in [0.5, 0.6) is 0 Å². The molecule has 2 rings (SSSR count). The molecular weight excluding hydrogens is 302 g/mol. The van der Waals surface area contributed by atoms with Crippen LogP contribution in [0.25, 0.3) is 0 Å². The highest BCUT2D eigenvalue weighted by Crippen LogP contribution is 2.31. The van der Waals surface area contributed by atoms with Crippen LogP contribution in [0, 0.1) is 5.82 Å². The van der Waals surface area contributed by atoms with Crippen LogP contribution in [0.4, 0.5) is 39.4 Å². The summed E-state index contributed by atoms with van der Waals surface area (Å²) in [6.07, 6.45) is -4.63. The van der Waals surface area contributed by atoms with Crippen LogP contribution in [-0.2, 0) is 6.18 Å². The number of anilines is 3. The summed E-state index contributed by atoms with van der Waals surface area (Å²) >= 11 is 0. The Morgan fingerprint density at radius 1 is 1.05 bits per heavy atom. The van der Waals surface area contributed by atoms with Crippen LogP contribution in [0.1, 0.15) is 5.56 Å². The zero-order chi connectivity index (χ0) is 16.3. The zero-order valence-electron chi connectivity index (χ0n) is 11.0. The van der Waals surface area contributed by atoms with Crippen molar-refractivity contribution in [2.75, 3.05) is 16.4 Å². The van der Waals surface area contributed by atoms with Gasteiger partial charge in [-0.1, -0.05) is 6.07 Å². The summed E-state index contributed by atoms with van der Waals surface area (Å²) in [6.45, 7) is 0. The molecule has 0 unspecified atom stereocenters. The van der Waals surface area contributed by atoms with Crippen LogP contribution in [-0.4, -0.2) is 6.03 Å². The predicted octanol–water partition coefficient (Wildman–Crippen LogP) is 4.07. The molecule has 2 aromatic carbocycles. The van der Waals surface area contributed by atoms with Gasteiger partial charge in [-0.05, 0) is 36.4 Å². The lowest BCUT2D eigenvalue weighted by Crippen LogP contribution is -2.20. The topological polar surface area (TPSA) is 67.1 Å². The van der Waals surface area contributed by atoms with E-state index < -0.39 is 29.3 Å². The van der Waals surface area contributed by atoms with Crippen molar-refractivity contribution in [1.82, 2.24) is 0 Å². The number of rotatable bonds is 2. The smallest absolute Gasteiger partial charge is 0.399 e. The standard InChI is InChI=1S/C14H11F4N3O/c15-11-5-4-8(14(16,17)18)6-12(11)21-13(22)20-10-3-1-2-9(19)7-10/h1-7H,19H2,(H2,20,21,22). The van der Waals surface area contributed by atoms with Crippen molar-refractivity contribution in [3.8, 4) is 0 Å². The van der Waals surface area contributed by atoms with E-state index in [4.69, 9.17) is 5.73 Å². The van der Waals surface area contributed by atoms with E-state index in [1.807, 2.05) is 5.32 Å². The summed E-state index contributed by atoms with van der Waals surface area (Å²) in [5, 5.41) is 4.36. The first-order valence-electron chi connectivity index (χ1n) is 6.06. The summed E-state index contributed by atoms with van der Waals surface area (Å²) in [7, 11) is 0. The lowest BCUT2D eigenvalue weighted by Gasteiger charge is -2.12. The highest BCUT2D eigenvalue weighted by Gasteiger charge is 2.31. The fourth-order valence-corrected chi connectivity index (χ4v) is 1.70. The number of benzene rings is 2. The molecule has 116 valence electrons. The minimum absolute atomic E-state index is 0.324. The molecule has 0 fully saturated rings. The molecule has 0 atom stereocenters. The van der Waals surface area contributed by atoms with Crippen LogP contribution in [0.2, 0.25) is 0 Å². The normalized spacial score (nSPS) is 11.1. The Bertz CT molecular complexity index is 701. The third-order valence-corrected chi connectivity index (χ3v) is 2.69. The second-order valence-electron chi connectivity index (χ2n) is 4.40. The molecule has 0 saturated heterocycles. The average molecular weight is 313 g/mol. The number of nitrogens with one attached hydrogen (secondary N) is 2. The number of halogens is 4. The van der Waals surface area contributed by atoms with Gasteiger partial charge in [0.25, 0.3) is 0 Å². The molecule has 0 aromatic heterocycles. The van der Waals surface area contributed by atoms with E-state index in [1.165, 1.54) is 12.1 Å². The van der Waals surface area contributed by atoms with Crippen molar-refractivity contribution >= 4 is 23.1 Å². The lowest BCUT2D eigenvalue weighted by atomic mass is 10.2. The molecule has 0 aliphatic heterocycles. The minimum atomic E-state index is -4.63. The first-order valence-corrected chi connectivity index (χ1v) is 6.06. The monoisotopic (exact) mass is 313 g/mol. The van der Waals surface area contributed by atoms with Crippen molar-refractivity contribution in [3.63, 3.8) is 0 Å². The van der Waals surface area contributed by atoms with E-state index in [9.17, 15) is 22.4 Å². The number of amides is 2. The number of nitrogen functional groups attached to an aromatic ring is 1. The number of nitrogens with two attached hydrogens (primary N) is 1. The number of hydrogen-bond acceptors (Lipinski definition) is 2. The van der Waals surface area contributed by atoms with Crippen LogP contribution in [0.15, 0.2) is 42.5 Å². The number of carbonyl (C=O) groups is 1. The summed E-state index contributed by atoms with van der Waals surface area (Å²) in [4.78, 5) is 11.7. The van der Waals surface area contributed by atoms with Gasteiger partial charge in [0.1, 0.15) is 5.82 Å². The van der Waals surface area contributed by atoms with Crippen LogP contribution in [0.3, 0.4) is 0 Å². The molecule has 4 nitrogen and oxygen atoms in total. The van der Waals surface area contributed by atoms with Gasteiger partial charge in [0, 0.05) is 11.4 Å². The summed E-state index contributed by atoms with van der Waals surface area (Å²) in [6, 6.07) is 7.01. The quantitative estimate of drug-likeness (QED) is 0.578. The van der Waals surface area contributed by atoms with E-state index in [0.29, 0.717) is 29.6 Å². The van der Waals surface area contributed by atoms with Gasteiger partial charge in [-0.25, -0.2) is 9.18 Å². The molecule has 0 spiro atoms. The van der Waals surface area contributed by atoms with Crippen LogP contribution >= 0.6 is 0 Å². The Kier molecular flexibility index (Phi) is 4.20. The van der Waals surface area contributed by atoms with E-state index in [1.54, 1.807) is 12.1 Å². The van der Waals surface area contributed by atoms with Crippen LogP contribution < -0.4 is 16.4 Å². The second-order valence-corrected chi connectivity index (χ2v) is 4.40. The molecule has 8 heteroatoms. The highest BCUT2D eigenvalue weighted by atomic mass is 19.4. The maximum Gasteiger partial charge on any atom is 0.416 e. The molecule has 0 saturated carbocycles. The molecule has 4 N–H and O–H groups in total. The van der Waals surface area contributed by atoms with Crippen molar-refractivity contribution in [3.05, 3.63) is 53.8 Å². The van der Waals surface area contributed by atoms with Gasteiger partial charge in [-0.2, -0.15) is 13.2 Å². The Labute approximate surface area is 122 Å². The number of alkyl halides is 3. The molecule has 0 heterocycles. The average Bonchev–Trinajstić information content (AvgIpc) is 2.40. The van der Waals surface area contributed by atoms with Crippen molar-refractivity contribution in [2.24, 2.45) is 0 Å². The molecular formula is C14H11F4N3O. The van der Waals surface area contributed by atoms with Gasteiger partial charge < -0.3 is 16.4 Å². The fraction of sp³-hybridized carbons (Fsp3) is 0.0714. The van der Waals surface area contributed by atoms with Crippen molar-refractivity contribution in [2.45, 2.75) is 6.18 Å². The number of urea groups is 1. The molecule has 0 aliphatic carbocycles. The largest absolute Gasteiger partial charge is 0.416 e. The third-order valence-electron chi connectivity index (χ3n) is 2.69. The Balaban J connectivity index is 2.14. The molecule has 22 heavy (non-hydrogen) atoms. The number of carbonyl (C=O) groups excluding carboxylic acids is 1. The van der Waals surface area contributed by atoms with Crippen molar-refractivity contribution < 1.29 is 22.4 Å². The maximum atomic E-state index is 13.5. The zero-order valence-corrected chi connectivity index (χ0v) is 11.0. The van der Waals surface area contributed by atoms with E-state index in [2.05, 4.69) is 5.32 Å². The molecule has 0 bridgehead atoms. The molecule has 2 aromatic rings. The number of hydrogen-bond donors (Lipinski definition) is 3. The Hall–Kier alpha value is -2.77. The second kappa shape index (κ2) is 5.92. The summed E-state index contributed by atoms with van der Waals surface area (Å²) in [5.41, 5.74) is 4.60. The first-order chi connectivity index (χ1) is 10.3. The Morgan fingerprint density at radius 2 is 1.77 bits per heavy atom. The molecule has 0 radical (unpaired) electrons. The Morgan fingerprint density at radius 3 is 2.41 bits per heavy atom. The minimum Gasteiger partial charge on any atom is -0.399 e. The molecule has 2 amide bonds. The van der Waals surface area contributed by atoms with Gasteiger partial charge in [0.05, 0.1) is 11.3 Å². The predicted molar refractivity (Wildman–Crippen MR) is 74.9 cm³/mol. The van der Waals surface area contributed by atoms with Crippen molar-refractivity contribution in [1.29, 1.82) is 0 Å².